The number of nitrogens with one attached hydrogen (secondary N) is 1. The molecule has 0 spiro atoms. The van der Waals surface area contributed by atoms with Gasteiger partial charge in [0, 0.05) is 25.9 Å². The lowest BCUT2D eigenvalue weighted by atomic mass is 10.2. The van der Waals surface area contributed by atoms with Gasteiger partial charge < -0.3 is 20.5 Å². The maximum absolute atomic E-state index is 11.9. The maximum Gasteiger partial charge on any atom is 0.256 e. The Morgan fingerprint density at radius 2 is 2.33 bits per heavy atom. The lowest BCUT2D eigenvalue weighted by Crippen LogP contribution is -2.33. The minimum absolute atomic E-state index is 0.0777. The number of carbonyl (C=O) groups is 1. The molecule has 1 aromatic heterocycles. The van der Waals surface area contributed by atoms with Crippen LogP contribution in [0.25, 0.3) is 0 Å². The zero-order valence-electron chi connectivity index (χ0n) is 10.7. The molecular formula is C12H19N3O3. The Labute approximate surface area is 106 Å². The summed E-state index contributed by atoms with van der Waals surface area (Å²) in [5.41, 5.74) is 6.17. The molecule has 6 nitrogen and oxygen atoms in total. The first-order valence-electron chi connectivity index (χ1n) is 5.70. The van der Waals surface area contributed by atoms with E-state index in [4.69, 9.17) is 15.2 Å². The van der Waals surface area contributed by atoms with Crippen molar-refractivity contribution in [1.82, 2.24) is 10.3 Å². The molecule has 0 aromatic carbocycles. The number of rotatable bonds is 7. The van der Waals surface area contributed by atoms with E-state index in [1.54, 1.807) is 25.4 Å². The molecule has 0 aliphatic carbocycles. The maximum atomic E-state index is 11.9. The number of ether oxygens (including phenoxy) is 2. The number of hydrogen-bond acceptors (Lipinski definition) is 5. The number of nitrogens with two attached hydrogens (primary N) is 1. The number of amides is 1. The van der Waals surface area contributed by atoms with Gasteiger partial charge in [-0.15, -0.1) is 0 Å². The van der Waals surface area contributed by atoms with Crippen molar-refractivity contribution >= 4 is 5.91 Å². The minimum Gasteiger partial charge on any atom is -0.480 e. The summed E-state index contributed by atoms with van der Waals surface area (Å²) < 4.78 is 9.93. The van der Waals surface area contributed by atoms with Crippen LogP contribution in [-0.4, -0.2) is 44.3 Å². The number of hydrogen-bond donors (Lipinski definition) is 2. The van der Waals surface area contributed by atoms with Crippen LogP contribution in [0.15, 0.2) is 18.3 Å². The van der Waals surface area contributed by atoms with Crippen molar-refractivity contribution in [2.45, 2.75) is 12.5 Å². The third-order valence-corrected chi connectivity index (χ3v) is 2.39. The average Bonchev–Trinajstić information content (AvgIpc) is 2.38. The monoisotopic (exact) mass is 253 g/mol. The fourth-order valence-electron chi connectivity index (χ4n) is 1.49. The fraction of sp³-hybridized carbons (Fsp3) is 0.500. The van der Waals surface area contributed by atoms with Gasteiger partial charge in [0.25, 0.3) is 5.91 Å². The molecule has 0 saturated carbocycles. The molecule has 18 heavy (non-hydrogen) atoms. The number of aromatic nitrogens is 1. The van der Waals surface area contributed by atoms with Gasteiger partial charge in [-0.2, -0.15) is 0 Å². The minimum atomic E-state index is -0.218. The lowest BCUT2D eigenvalue weighted by molar-refractivity contribution is 0.0946. The Morgan fingerprint density at radius 1 is 1.56 bits per heavy atom. The van der Waals surface area contributed by atoms with E-state index in [0.29, 0.717) is 31.0 Å². The van der Waals surface area contributed by atoms with E-state index in [2.05, 4.69) is 10.3 Å². The molecule has 0 bridgehead atoms. The summed E-state index contributed by atoms with van der Waals surface area (Å²) in [6, 6.07) is 3.27. The van der Waals surface area contributed by atoms with Crippen LogP contribution < -0.4 is 15.8 Å². The van der Waals surface area contributed by atoms with Gasteiger partial charge in [0.2, 0.25) is 5.88 Å². The Kier molecular flexibility index (Phi) is 6.10. The average molecular weight is 253 g/mol. The zero-order valence-corrected chi connectivity index (χ0v) is 10.7. The van der Waals surface area contributed by atoms with Crippen LogP contribution in [0.5, 0.6) is 5.88 Å². The Hall–Kier alpha value is -1.66. The van der Waals surface area contributed by atoms with Crippen molar-refractivity contribution < 1.29 is 14.3 Å². The molecule has 0 radical (unpaired) electrons. The molecule has 1 atom stereocenters. The molecule has 1 heterocycles. The van der Waals surface area contributed by atoms with E-state index >= 15 is 0 Å². The second-order valence-corrected chi connectivity index (χ2v) is 3.82. The first-order valence-corrected chi connectivity index (χ1v) is 5.70. The van der Waals surface area contributed by atoms with Crippen molar-refractivity contribution in [3.63, 3.8) is 0 Å². The van der Waals surface area contributed by atoms with Gasteiger partial charge >= 0.3 is 0 Å². The summed E-state index contributed by atoms with van der Waals surface area (Å²) in [6.07, 6.45) is 2.23. The summed E-state index contributed by atoms with van der Waals surface area (Å²) >= 11 is 0. The molecule has 0 fully saturated rings. The summed E-state index contributed by atoms with van der Waals surface area (Å²) in [7, 11) is 3.08. The van der Waals surface area contributed by atoms with Crippen molar-refractivity contribution in [3.8, 4) is 5.88 Å². The Morgan fingerprint density at radius 3 is 3.00 bits per heavy atom. The van der Waals surface area contributed by atoms with Crippen LogP contribution >= 0.6 is 0 Å². The van der Waals surface area contributed by atoms with Gasteiger partial charge in [-0.05, 0) is 18.6 Å². The smallest absolute Gasteiger partial charge is 0.256 e. The molecule has 1 amide bonds. The molecule has 1 unspecified atom stereocenters. The van der Waals surface area contributed by atoms with E-state index in [1.165, 1.54) is 7.11 Å². The predicted octanol–water partition coefficient (Wildman–Crippen LogP) is 0.184. The zero-order chi connectivity index (χ0) is 13.4. The van der Waals surface area contributed by atoms with Crippen LogP contribution in [0.2, 0.25) is 0 Å². The number of methoxy groups -OCH3 is 2. The van der Waals surface area contributed by atoms with Crippen LogP contribution in [0.1, 0.15) is 16.8 Å². The third kappa shape index (κ3) is 4.31. The number of pyridine rings is 1. The first kappa shape index (κ1) is 14.4. The highest BCUT2D eigenvalue weighted by atomic mass is 16.5. The molecule has 1 rings (SSSR count). The van der Waals surface area contributed by atoms with E-state index in [-0.39, 0.29) is 11.9 Å². The van der Waals surface area contributed by atoms with Crippen LogP contribution in [0.4, 0.5) is 0 Å². The normalized spacial score (nSPS) is 11.9. The van der Waals surface area contributed by atoms with E-state index < -0.39 is 0 Å². The summed E-state index contributed by atoms with van der Waals surface area (Å²) in [5.74, 6) is 0.0979. The summed E-state index contributed by atoms with van der Waals surface area (Å²) in [4.78, 5) is 15.8. The molecule has 0 saturated heterocycles. The van der Waals surface area contributed by atoms with E-state index in [1.807, 2.05) is 0 Å². The molecular weight excluding hydrogens is 234 g/mol. The van der Waals surface area contributed by atoms with Crippen molar-refractivity contribution in [2.75, 3.05) is 27.4 Å². The molecule has 0 aliphatic rings. The standard InChI is InChI=1S/C12H19N3O3/c1-17-8-9(13)5-7-14-11(16)10-4-3-6-15-12(10)18-2/h3-4,6,9H,5,7-8,13H2,1-2H3,(H,14,16). The van der Waals surface area contributed by atoms with E-state index in [9.17, 15) is 4.79 Å². The second kappa shape index (κ2) is 7.62. The first-order chi connectivity index (χ1) is 8.69. The lowest BCUT2D eigenvalue weighted by Gasteiger charge is -2.11. The predicted molar refractivity (Wildman–Crippen MR) is 67.6 cm³/mol. The topological polar surface area (TPSA) is 86.5 Å². The highest BCUT2D eigenvalue weighted by Gasteiger charge is 2.12. The molecule has 3 N–H and O–H groups in total. The van der Waals surface area contributed by atoms with E-state index in [0.717, 1.165) is 0 Å². The Balaban J connectivity index is 2.45. The second-order valence-electron chi connectivity index (χ2n) is 3.82. The van der Waals surface area contributed by atoms with Crippen LogP contribution in [0.3, 0.4) is 0 Å². The van der Waals surface area contributed by atoms with Gasteiger partial charge in [0.05, 0.1) is 13.7 Å². The van der Waals surface area contributed by atoms with Crippen molar-refractivity contribution in [3.05, 3.63) is 23.9 Å². The summed E-state index contributed by atoms with van der Waals surface area (Å²) in [5, 5.41) is 2.77. The Bertz CT molecular complexity index is 385. The van der Waals surface area contributed by atoms with Gasteiger partial charge in [-0.1, -0.05) is 0 Å². The number of nitrogens with zero attached hydrogens (tertiary/aromatic N) is 1. The quantitative estimate of drug-likeness (QED) is 0.724. The van der Waals surface area contributed by atoms with Crippen molar-refractivity contribution in [1.29, 1.82) is 0 Å². The van der Waals surface area contributed by atoms with Gasteiger partial charge in [-0.3, -0.25) is 4.79 Å². The fourth-order valence-corrected chi connectivity index (χ4v) is 1.49. The molecule has 0 aliphatic heterocycles. The highest BCUT2D eigenvalue weighted by Crippen LogP contribution is 2.12. The van der Waals surface area contributed by atoms with Gasteiger partial charge in [0.1, 0.15) is 5.56 Å². The highest BCUT2D eigenvalue weighted by molar-refractivity contribution is 5.96. The van der Waals surface area contributed by atoms with Gasteiger partial charge in [-0.25, -0.2) is 4.98 Å². The van der Waals surface area contributed by atoms with Crippen LogP contribution in [0, 0.1) is 0 Å². The molecule has 1 aromatic rings. The molecule has 100 valence electrons. The largest absolute Gasteiger partial charge is 0.480 e. The van der Waals surface area contributed by atoms with Gasteiger partial charge in [0.15, 0.2) is 0 Å². The molecule has 6 heteroatoms. The number of carbonyl (C=O) groups excluding carboxylic acids is 1. The SMILES string of the molecule is COCC(N)CCNC(=O)c1cccnc1OC. The van der Waals surface area contributed by atoms with Crippen LogP contribution in [-0.2, 0) is 4.74 Å². The third-order valence-electron chi connectivity index (χ3n) is 2.39. The summed E-state index contributed by atoms with van der Waals surface area (Å²) in [6.45, 7) is 0.966. The van der Waals surface area contributed by atoms with Crippen molar-refractivity contribution in [2.24, 2.45) is 5.73 Å².